The van der Waals surface area contributed by atoms with Gasteiger partial charge in [-0.25, -0.2) is 0 Å². The summed E-state index contributed by atoms with van der Waals surface area (Å²) in [7, 11) is 0. The number of nitrogens with two attached hydrogens (primary N) is 1. The molecule has 0 aliphatic rings. The molecule has 0 fully saturated rings. The lowest BCUT2D eigenvalue weighted by atomic mass is 10.7. The van der Waals surface area contributed by atoms with Crippen molar-refractivity contribution in [2.24, 2.45) is 10.9 Å². The van der Waals surface area contributed by atoms with Gasteiger partial charge in [0.2, 0.25) is 0 Å². The van der Waals surface area contributed by atoms with Crippen LogP contribution in [0, 0.1) is 0 Å². The fraction of sp³-hybridized carbons (Fsp3) is 0.200. The van der Waals surface area contributed by atoms with Crippen molar-refractivity contribution in [1.82, 2.24) is 0 Å². The van der Waals surface area contributed by atoms with Gasteiger partial charge < -0.3 is 10.6 Å². The van der Waals surface area contributed by atoms with Gasteiger partial charge >= 0.3 is 0 Å². The van der Waals surface area contributed by atoms with Gasteiger partial charge in [-0.3, -0.25) is 4.79 Å². The molecule has 0 bridgehead atoms. The van der Waals surface area contributed by atoms with E-state index in [0.717, 1.165) is 6.21 Å². The van der Waals surface area contributed by atoms with Crippen molar-refractivity contribution < 1.29 is 9.63 Å². The Morgan fingerprint density at radius 2 is 2.56 bits per heavy atom. The lowest BCUT2D eigenvalue weighted by Gasteiger charge is -1.87. The van der Waals surface area contributed by atoms with Crippen LogP contribution in [0.15, 0.2) is 17.8 Å². The Labute approximate surface area is 53.0 Å². The Bertz CT molecular complexity index is 131. The second-order valence-electron chi connectivity index (χ2n) is 1.22. The number of hydrogen-bond donors (Lipinski definition) is 1. The Hall–Kier alpha value is -1.32. The van der Waals surface area contributed by atoms with Gasteiger partial charge in [0, 0.05) is 0 Å². The lowest BCUT2D eigenvalue weighted by molar-refractivity contribution is -0.111. The molecule has 4 heteroatoms. The maximum atomic E-state index is 9.93. The molecule has 0 aromatic heterocycles. The molecule has 0 radical (unpaired) electrons. The summed E-state index contributed by atoms with van der Waals surface area (Å²) in [6, 6.07) is 0. The third kappa shape index (κ3) is 6.68. The second kappa shape index (κ2) is 4.83. The highest BCUT2D eigenvalue weighted by molar-refractivity contribution is 6.25. The predicted octanol–water partition coefficient (Wildman–Crippen LogP) is -0.340. The van der Waals surface area contributed by atoms with Gasteiger partial charge in [-0.15, -0.1) is 0 Å². The number of oxime groups is 1. The minimum absolute atomic E-state index is 0.282. The average molecular weight is 128 g/mol. The Balaban J connectivity index is 3.24. The molecule has 0 rings (SSSR count). The molecule has 0 unspecified atom stereocenters. The quantitative estimate of drug-likeness (QED) is 0.243. The SMILES string of the molecule is C=CCO/N=C\C(N)=O. The monoisotopic (exact) mass is 128 g/mol. The highest BCUT2D eigenvalue weighted by Gasteiger charge is 1.80. The first-order valence-electron chi connectivity index (χ1n) is 2.33. The molecule has 0 atom stereocenters. The molecule has 0 heterocycles. The van der Waals surface area contributed by atoms with Crippen LogP contribution in [0.4, 0.5) is 0 Å². The summed E-state index contributed by atoms with van der Waals surface area (Å²) in [6.45, 7) is 3.64. The number of primary amides is 1. The van der Waals surface area contributed by atoms with E-state index in [2.05, 4.69) is 22.3 Å². The third-order valence-corrected chi connectivity index (χ3v) is 0.447. The van der Waals surface area contributed by atoms with Gasteiger partial charge in [-0.1, -0.05) is 17.8 Å². The molecule has 2 N–H and O–H groups in total. The number of nitrogens with zero attached hydrogens (tertiary/aromatic N) is 1. The van der Waals surface area contributed by atoms with Gasteiger partial charge in [0.25, 0.3) is 5.91 Å². The van der Waals surface area contributed by atoms with Crippen molar-refractivity contribution in [3.8, 4) is 0 Å². The van der Waals surface area contributed by atoms with Crippen molar-refractivity contribution >= 4 is 12.1 Å². The Morgan fingerprint density at radius 3 is 3.00 bits per heavy atom. The number of hydrogen-bond acceptors (Lipinski definition) is 3. The molecule has 0 spiro atoms. The molecule has 0 saturated carbocycles. The van der Waals surface area contributed by atoms with E-state index in [9.17, 15) is 4.79 Å². The molecule has 0 aliphatic heterocycles. The number of rotatable bonds is 4. The lowest BCUT2D eigenvalue weighted by Crippen LogP contribution is -2.11. The number of carbonyl (C=O) groups is 1. The zero-order valence-electron chi connectivity index (χ0n) is 4.91. The summed E-state index contributed by atoms with van der Waals surface area (Å²) in [5, 5.41) is 3.19. The van der Waals surface area contributed by atoms with E-state index in [4.69, 9.17) is 0 Å². The molecule has 0 saturated heterocycles. The van der Waals surface area contributed by atoms with E-state index in [1.54, 1.807) is 0 Å². The number of amides is 1. The largest absolute Gasteiger partial charge is 0.391 e. The smallest absolute Gasteiger partial charge is 0.263 e. The maximum absolute atomic E-state index is 9.93. The predicted molar refractivity (Wildman–Crippen MR) is 33.8 cm³/mol. The van der Waals surface area contributed by atoms with Crippen LogP contribution < -0.4 is 5.73 Å². The molecule has 4 nitrogen and oxygen atoms in total. The summed E-state index contributed by atoms with van der Waals surface area (Å²) in [5.41, 5.74) is 4.68. The standard InChI is InChI=1S/C5H8N2O2/c1-2-3-9-7-4-5(6)8/h2,4H,1,3H2,(H2,6,8)/b7-4-. The second-order valence-corrected chi connectivity index (χ2v) is 1.22. The van der Waals surface area contributed by atoms with Gasteiger partial charge in [0.05, 0.1) is 0 Å². The van der Waals surface area contributed by atoms with Crippen molar-refractivity contribution in [2.45, 2.75) is 0 Å². The molecular formula is C5H8N2O2. The normalized spacial score (nSPS) is 9.33. The number of carbonyl (C=O) groups excluding carboxylic acids is 1. The fourth-order valence-corrected chi connectivity index (χ4v) is 0.185. The van der Waals surface area contributed by atoms with Gasteiger partial charge in [0.1, 0.15) is 12.8 Å². The van der Waals surface area contributed by atoms with E-state index in [-0.39, 0.29) is 6.61 Å². The van der Waals surface area contributed by atoms with Crippen LogP contribution in [0.1, 0.15) is 0 Å². The summed E-state index contributed by atoms with van der Waals surface area (Å²) in [5.74, 6) is -0.626. The Morgan fingerprint density at radius 1 is 1.89 bits per heavy atom. The van der Waals surface area contributed by atoms with E-state index in [1.807, 2.05) is 0 Å². The first-order chi connectivity index (χ1) is 4.27. The molecule has 1 amide bonds. The highest BCUT2D eigenvalue weighted by Crippen LogP contribution is 1.72. The average Bonchev–Trinajstić information content (AvgIpc) is 1.80. The fourth-order valence-electron chi connectivity index (χ4n) is 0.185. The van der Waals surface area contributed by atoms with E-state index in [1.165, 1.54) is 6.08 Å². The van der Waals surface area contributed by atoms with E-state index >= 15 is 0 Å². The van der Waals surface area contributed by atoms with Crippen molar-refractivity contribution in [3.63, 3.8) is 0 Å². The zero-order chi connectivity index (χ0) is 7.11. The minimum atomic E-state index is -0.626. The van der Waals surface area contributed by atoms with Crippen LogP contribution in [-0.2, 0) is 9.63 Å². The topological polar surface area (TPSA) is 64.7 Å². The zero-order valence-corrected chi connectivity index (χ0v) is 4.91. The van der Waals surface area contributed by atoms with Crippen molar-refractivity contribution in [2.75, 3.05) is 6.61 Å². The van der Waals surface area contributed by atoms with Crippen LogP contribution in [0.5, 0.6) is 0 Å². The summed E-state index contributed by atoms with van der Waals surface area (Å²) >= 11 is 0. The van der Waals surface area contributed by atoms with Crippen LogP contribution in [0.3, 0.4) is 0 Å². The van der Waals surface area contributed by atoms with E-state index in [0.29, 0.717) is 0 Å². The first kappa shape index (κ1) is 7.68. The highest BCUT2D eigenvalue weighted by atomic mass is 16.6. The molecule has 0 aromatic rings. The van der Waals surface area contributed by atoms with Crippen LogP contribution >= 0.6 is 0 Å². The molecule has 9 heavy (non-hydrogen) atoms. The van der Waals surface area contributed by atoms with Crippen molar-refractivity contribution in [3.05, 3.63) is 12.7 Å². The van der Waals surface area contributed by atoms with Gasteiger partial charge in [-0.05, 0) is 0 Å². The van der Waals surface area contributed by atoms with Crippen LogP contribution in [-0.4, -0.2) is 18.7 Å². The first-order valence-corrected chi connectivity index (χ1v) is 2.33. The third-order valence-electron chi connectivity index (χ3n) is 0.447. The van der Waals surface area contributed by atoms with Gasteiger partial charge in [0.15, 0.2) is 0 Å². The summed E-state index contributed by atoms with van der Waals surface area (Å²) in [4.78, 5) is 14.4. The van der Waals surface area contributed by atoms with Gasteiger partial charge in [-0.2, -0.15) is 0 Å². The maximum Gasteiger partial charge on any atom is 0.263 e. The van der Waals surface area contributed by atoms with Crippen molar-refractivity contribution in [1.29, 1.82) is 0 Å². The Kier molecular flexibility index (Phi) is 4.12. The van der Waals surface area contributed by atoms with E-state index < -0.39 is 5.91 Å². The molecule has 0 aliphatic carbocycles. The summed E-state index contributed by atoms with van der Waals surface area (Å²) in [6.07, 6.45) is 2.40. The van der Waals surface area contributed by atoms with Crippen LogP contribution in [0.25, 0.3) is 0 Å². The molecular weight excluding hydrogens is 120 g/mol. The minimum Gasteiger partial charge on any atom is -0.391 e. The molecule has 0 aromatic carbocycles. The molecule has 50 valence electrons. The van der Waals surface area contributed by atoms with Crippen LogP contribution in [0.2, 0.25) is 0 Å². The summed E-state index contributed by atoms with van der Waals surface area (Å²) < 4.78 is 0.